The zero-order valence-corrected chi connectivity index (χ0v) is 18.1. The van der Waals surface area contributed by atoms with Gasteiger partial charge in [0.25, 0.3) is 11.8 Å². The molecule has 0 radical (unpaired) electrons. The van der Waals surface area contributed by atoms with E-state index in [-0.39, 0.29) is 28.7 Å². The summed E-state index contributed by atoms with van der Waals surface area (Å²) in [4.78, 5) is 41.8. The second-order valence-electron chi connectivity index (χ2n) is 8.36. The normalized spacial score (nSPS) is 17.0. The molecule has 1 aliphatic carbocycles. The molecule has 5 rings (SSSR count). The van der Waals surface area contributed by atoms with Gasteiger partial charge in [0.2, 0.25) is 0 Å². The summed E-state index contributed by atoms with van der Waals surface area (Å²) in [7, 11) is 0. The van der Waals surface area contributed by atoms with E-state index in [1.807, 2.05) is 6.92 Å². The molecule has 10 nitrogen and oxygen atoms in total. The maximum atomic E-state index is 12.7. The number of nitrogens with zero attached hydrogens (tertiary/aromatic N) is 5. The molecule has 0 saturated heterocycles. The van der Waals surface area contributed by atoms with Gasteiger partial charge in [0, 0.05) is 12.3 Å². The average Bonchev–Trinajstić information content (AvgIpc) is 3.10. The number of anilines is 1. The van der Waals surface area contributed by atoms with Crippen molar-refractivity contribution in [3.05, 3.63) is 70.9 Å². The first-order valence-electron chi connectivity index (χ1n) is 10.8. The fourth-order valence-corrected chi connectivity index (χ4v) is 4.67. The summed E-state index contributed by atoms with van der Waals surface area (Å²) in [5, 5.41) is 16.9. The molecule has 3 aromatic rings. The molecule has 10 heteroatoms. The van der Waals surface area contributed by atoms with Gasteiger partial charge in [-0.2, -0.15) is 4.73 Å². The van der Waals surface area contributed by atoms with Gasteiger partial charge in [-0.3, -0.25) is 14.6 Å². The van der Waals surface area contributed by atoms with Gasteiger partial charge >= 0.3 is 0 Å². The van der Waals surface area contributed by atoms with Crippen LogP contribution in [0.5, 0.6) is 0 Å². The van der Waals surface area contributed by atoms with Crippen LogP contribution in [0.15, 0.2) is 47.8 Å². The molecule has 0 bridgehead atoms. The van der Waals surface area contributed by atoms with Crippen LogP contribution in [0.4, 0.5) is 11.6 Å². The van der Waals surface area contributed by atoms with E-state index >= 15 is 0 Å². The number of pyridine rings is 2. The summed E-state index contributed by atoms with van der Waals surface area (Å²) >= 11 is 0. The highest BCUT2D eigenvalue weighted by Gasteiger charge is 2.47. The monoisotopic (exact) mass is 445 g/mol. The number of aryl methyl sites for hydroxylation is 1. The molecule has 2 aliphatic rings. The quantitative estimate of drug-likeness (QED) is 0.531. The molecule has 33 heavy (non-hydrogen) atoms. The Kier molecular flexibility index (Phi) is 5.12. The van der Waals surface area contributed by atoms with Gasteiger partial charge in [-0.05, 0) is 43.5 Å². The summed E-state index contributed by atoms with van der Waals surface area (Å²) in [6, 6.07) is 8.19. The van der Waals surface area contributed by atoms with Gasteiger partial charge in [-0.15, -0.1) is 0 Å². The minimum Gasteiger partial charge on any atom is -0.427 e. The summed E-state index contributed by atoms with van der Waals surface area (Å²) in [6.07, 6.45) is 7.41. The lowest BCUT2D eigenvalue weighted by Gasteiger charge is -2.34. The standard InChI is InChI=1S/C23H23N7O3/c1-14-11-18(30(33)20-19(14)22(32)29-23(20)8-4-2-5-9-23)27-16-12-17(26-13-25-16)28-21(31)15-7-3-6-10-24-15/h3,6-7,10-13,33H,2,4-5,8-9H2,1H3,(H,29,32)(H,25,26,28,31). The van der Waals surface area contributed by atoms with Crippen LogP contribution in [0.3, 0.4) is 0 Å². The first kappa shape index (κ1) is 20.8. The number of amides is 2. The largest absolute Gasteiger partial charge is 0.427 e. The van der Waals surface area contributed by atoms with Crippen molar-refractivity contribution >= 4 is 23.5 Å². The predicted octanol–water partition coefficient (Wildman–Crippen LogP) is 2.61. The molecule has 0 unspecified atom stereocenters. The van der Waals surface area contributed by atoms with E-state index in [1.54, 1.807) is 24.3 Å². The summed E-state index contributed by atoms with van der Waals surface area (Å²) in [6.45, 7) is 1.83. The van der Waals surface area contributed by atoms with Crippen molar-refractivity contribution in [2.75, 3.05) is 5.32 Å². The molecule has 0 atom stereocenters. The van der Waals surface area contributed by atoms with Gasteiger partial charge in [-0.1, -0.05) is 25.3 Å². The third kappa shape index (κ3) is 3.73. The summed E-state index contributed by atoms with van der Waals surface area (Å²) in [5.41, 5.74) is 1.71. The molecule has 1 saturated carbocycles. The molecular formula is C23H23N7O3. The fourth-order valence-electron chi connectivity index (χ4n) is 4.67. The van der Waals surface area contributed by atoms with Crippen LogP contribution < -0.4 is 16.1 Å². The third-order valence-corrected chi connectivity index (χ3v) is 6.17. The third-order valence-electron chi connectivity index (χ3n) is 6.17. The van der Waals surface area contributed by atoms with Crippen LogP contribution in [-0.4, -0.2) is 36.7 Å². The first-order valence-corrected chi connectivity index (χ1v) is 10.8. The second kappa shape index (κ2) is 8.12. The molecule has 4 heterocycles. The molecule has 2 amide bonds. The number of fused-ring (bicyclic) bond motifs is 2. The smallest absolute Gasteiger partial charge is 0.275 e. The van der Waals surface area contributed by atoms with Crippen molar-refractivity contribution < 1.29 is 14.8 Å². The van der Waals surface area contributed by atoms with E-state index in [2.05, 4.69) is 30.6 Å². The fraction of sp³-hybridized carbons (Fsp3) is 0.304. The van der Waals surface area contributed by atoms with Crippen LogP contribution in [0, 0.1) is 6.92 Å². The SMILES string of the molecule is Cc1cc(=Nc2cc(NC(=O)c3ccccn3)ncn2)n(O)c2c1C(=O)NC21CCCCC1. The Morgan fingerprint density at radius 1 is 1.18 bits per heavy atom. The molecule has 3 N–H and O–H groups in total. The van der Waals surface area contributed by atoms with Gasteiger partial charge in [-0.25, -0.2) is 15.0 Å². The lowest BCUT2D eigenvalue weighted by molar-refractivity contribution is 0.0891. The minimum absolute atomic E-state index is 0.166. The first-order chi connectivity index (χ1) is 16.0. The molecule has 3 aromatic heterocycles. The summed E-state index contributed by atoms with van der Waals surface area (Å²) < 4.78 is 1.000. The molecule has 1 spiro atoms. The number of hydrogen-bond acceptors (Lipinski definition) is 7. The van der Waals surface area contributed by atoms with Gasteiger partial charge < -0.3 is 15.8 Å². The van der Waals surface area contributed by atoms with E-state index in [4.69, 9.17) is 0 Å². The van der Waals surface area contributed by atoms with E-state index < -0.39 is 11.4 Å². The highest BCUT2D eigenvalue weighted by Crippen LogP contribution is 2.42. The zero-order valence-electron chi connectivity index (χ0n) is 18.1. The Labute approximate surface area is 189 Å². The van der Waals surface area contributed by atoms with Crippen LogP contribution in [-0.2, 0) is 5.54 Å². The summed E-state index contributed by atoms with van der Waals surface area (Å²) in [5.74, 6) is -0.0733. The second-order valence-corrected chi connectivity index (χ2v) is 8.36. The Morgan fingerprint density at radius 2 is 2.00 bits per heavy atom. The molecule has 168 valence electrons. The number of nitrogens with one attached hydrogen (secondary N) is 2. The number of aromatic nitrogens is 4. The van der Waals surface area contributed by atoms with Crippen molar-refractivity contribution in [3.8, 4) is 0 Å². The zero-order chi connectivity index (χ0) is 23.0. The minimum atomic E-state index is -0.580. The average molecular weight is 445 g/mol. The van der Waals surface area contributed by atoms with Crippen molar-refractivity contribution in [3.63, 3.8) is 0 Å². The Balaban J connectivity index is 1.53. The molecule has 1 fully saturated rings. The lowest BCUT2D eigenvalue weighted by atomic mass is 9.79. The molecule has 1 aliphatic heterocycles. The number of carbonyl (C=O) groups is 2. The van der Waals surface area contributed by atoms with E-state index in [1.165, 1.54) is 18.6 Å². The number of carbonyl (C=O) groups excluding carboxylic acids is 2. The van der Waals surface area contributed by atoms with Crippen LogP contribution >= 0.6 is 0 Å². The lowest BCUT2D eigenvalue weighted by Crippen LogP contribution is -2.43. The van der Waals surface area contributed by atoms with Crippen LogP contribution in [0.25, 0.3) is 0 Å². The van der Waals surface area contributed by atoms with Crippen molar-refractivity contribution in [2.45, 2.75) is 44.6 Å². The number of rotatable bonds is 3. The van der Waals surface area contributed by atoms with Crippen molar-refractivity contribution in [2.24, 2.45) is 4.99 Å². The van der Waals surface area contributed by atoms with Gasteiger partial charge in [0.05, 0.1) is 16.8 Å². The highest BCUT2D eigenvalue weighted by molar-refractivity contribution is 6.02. The Hall–Kier alpha value is -4.08. The van der Waals surface area contributed by atoms with E-state index in [9.17, 15) is 14.8 Å². The Morgan fingerprint density at radius 3 is 2.76 bits per heavy atom. The van der Waals surface area contributed by atoms with E-state index in [0.29, 0.717) is 11.3 Å². The van der Waals surface area contributed by atoms with Crippen molar-refractivity contribution in [1.82, 2.24) is 25.0 Å². The van der Waals surface area contributed by atoms with Gasteiger partial charge in [0.15, 0.2) is 11.3 Å². The maximum absolute atomic E-state index is 12.7. The maximum Gasteiger partial charge on any atom is 0.275 e. The van der Waals surface area contributed by atoms with E-state index in [0.717, 1.165) is 42.4 Å². The predicted molar refractivity (Wildman–Crippen MR) is 118 cm³/mol. The number of hydrogen-bond donors (Lipinski definition) is 3. The van der Waals surface area contributed by atoms with Gasteiger partial charge in [0.1, 0.15) is 17.8 Å². The highest BCUT2D eigenvalue weighted by atomic mass is 16.5. The van der Waals surface area contributed by atoms with Crippen LogP contribution in [0.1, 0.15) is 64.2 Å². The van der Waals surface area contributed by atoms with Crippen molar-refractivity contribution in [1.29, 1.82) is 0 Å². The van der Waals surface area contributed by atoms with Crippen LogP contribution in [0.2, 0.25) is 0 Å². The topological polar surface area (TPSA) is 134 Å². The molecular weight excluding hydrogens is 422 g/mol. The Bertz CT molecular complexity index is 1310. The molecule has 0 aromatic carbocycles.